The van der Waals surface area contributed by atoms with Crippen molar-refractivity contribution in [3.63, 3.8) is 0 Å². The Bertz CT molecular complexity index is 505. The Kier molecular flexibility index (Phi) is 3.74. The number of thiophene rings is 1. The number of aryl methyl sites for hydroxylation is 2. The minimum Gasteiger partial charge on any atom is -0.373 e. The summed E-state index contributed by atoms with van der Waals surface area (Å²) in [6, 6.07) is 4.13. The van der Waals surface area contributed by atoms with Gasteiger partial charge in [-0.1, -0.05) is 13.3 Å². The Balaban J connectivity index is 2.46. The standard InChI is InChI=1S/C13H17N3S/c1-4-5-10-8-11(14-3)16-13(15-10)12-9(2)6-7-17-12/h6-8H,4-5H2,1-3H3,(H,14,15,16). The number of nitrogens with zero attached hydrogens (tertiary/aromatic N) is 2. The third-order valence-electron chi connectivity index (χ3n) is 2.61. The van der Waals surface area contributed by atoms with Crippen molar-refractivity contribution in [2.24, 2.45) is 0 Å². The van der Waals surface area contributed by atoms with E-state index in [1.54, 1.807) is 11.3 Å². The van der Waals surface area contributed by atoms with Gasteiger partial charge in [-0.2, -0.15) is 0 Å². The van der Waals surface area contributed by atoms with Crippen molar-refractivity contribution >= 4 is 17.2 Å². The van der Waals surface area contributed by atoms with Gasteiger partial charge in [0.05, 0.1) is 4.88 Å². The highest BCUT2D eigenvalue weighted by atomic mass is 32.1. The second-order valence-electron chi connectivity index (χ2n) is 4.00. The van der Waals surface area contributed by atoms with Crippen LogP contribution < -0.4 is 5.32 Å². The summed E-state index contributed by atoms with van der Waals surface area (Å²) >= 11 is 1.70. The number of nitrogens with one attached hydrogen (secondary N) is 1. The fourth-order valence-corrected chi connectivity index (χ4v) is 2.57. The first-order valence-corrected chi connectivity index (χ1v) is 6.72. The van der Waals surface area contributed by atoms with E-state index in [9.17, 15) is 0 Å². The second kappa shape index (κ2) is 5.27. The molecule has 4 heteroatoms. The molecular weight excluding hydrogens is 230 g/mol. The zero-order chi connectivity index (χ0) is 12.3. The average Bonchev–Trinajstić information content (AvgIpc) is 2.75. The zero-order valence-electron chi connectivity index (χ0n) is 10.4. The lowest BCUT2D eigenvalue weighted by Crippen LogP contribution is -2.00. The Hall–Kier alpha value is -1.42. The predicted octanol–water partition coefficient (Wildman–Crippen LogP) is 3.51. The average molecular weight is 247 g/mol. The van der Waals surface area contributed by atoms with E-state index in [1.807, 2.05) is 13.1 Å². The van der Waals surface area contributed by atoms with E-state index in [-0.39, 0.29) is 0 Å². The molecule has 2 aromatic heterocycles. The van der Waals surface area contributed by atoms with Crippen LogP contribution in [-0.2, 0) is 6.42 Å². The molecule has 0 saturated carbocycles. The van der Waals surface area contributed by atoms with Gasteiger partial charge in [0.1, 0.15) is 5.82 Å². The van der Waals surface area contributed by atoms with Gasteiger partial charge in [-0.3, -0.25) is 0 Å². The molecule has 90 valence electrons. The third-order valence-corrected chi connectivity index (χ3v) is 3.62. The van der Waals surface area contributed by atoms with E-state index in [1.165, 1.54) is 10.4 Å². The van der Waals surface area contributed by atoms with Crippen LogP contribution in [0.25, 0.3) is 10.7 Å². The molecule has 17 heavy (non-hydrogen) atoms. The van der Waals surface area contributed by atoms with Gasteiger partial charge in [0.25, 0.3) is 0 Å². The van der Waals surface area contributed by atoms with Crippen LogP contribution in [-0.4, -0.2) is 17.0 Å². The number of anilines is 1. The van der Waals surface area contributed by atoms with Crippen LogP contribution in [0.5, 0.6) is 0 Å². The van der Waals surface area contributed by atoms with Crippen LogP contribution in [0, 0.1) is 6.92 Å². The number of hydrogen-bond donors (Lipinski definition) is 1. The monoisotopic (exact) mass is 247 g/mol. The normalized spacial score (nSPS) is 10.5. The van der Waals surface area contributed by atoms with Crippen LogP contribution in [0.3, 0.4) is 0 Å². The fraction of sp³-hybridized carbons (Fsp3) is 0.385. The molecule has 0 spiro atoms. The summed E-state index contributed by atoms with van der Waals surface area (Å²) in [5.74, 6) is 1.74. The van der Waals surface area contributed by atoms with Crippen molar-refractivity contribution in [3.05, 3.63) is 28.8 Å². The van der Waals surface area contributed by atoms with Gasteiger partial charge in [0, 0.05) is 18.8 Å². The van der Waals surface area contributed by atoms with Gasteiger partial charge in [-0.05, 0) is 30.4 Å². The summed E-state index contributed by atoms with van der Waals surface area (Å²) in [4.78, 5) is 10.3. The van der Waals surface area contributed by atoms with Gasteiger partial charge in [-0.15, -0.1) is 11.3 Å². The largest absolute Gasteiger partial charge is 0.373 e. The molecule has 2 aromatic rings. The summed E-state index contributed by atoms with van der Waals surface area (Å²) in [6.07, 6.45) is 2.09. The van der Waals surface area contributed by atoms with Crippen molar-refractivity contribution < 1.29 is 0 Å². The Morgan fingerprint density at radius 3 is 2.76 bits per heavy atom. The summed E-state index contributed by atoms with van der Waals surface area (Å²) in [5, 5.41) is 5.18. The number of aromatic nitrogens is 2. The molecule has 0 fully saturated rings. The first kappa shape index (κ1) is 12.0. The number of hydrogen-bond acceptors (Lipinski definition) is 4. The molecule has 0 aliphatic carbocycles. The lowest BCUT2D eigenvalue weighted by Gasteiger charge is -2.06. The minimum absolute atomic E-state index is 0.841. The smallest absolute Gasteiger partial charge is 0.172 e. The van der Waals surface area contributed by atoms with Crippen LogP contribution in [0.2, 0.25) is 0 Å². The molecule has 1 N–H and O–H groups in total. The zero-order valence-corrected chi connectivity index (χ0v) is 11.3. The SMILES string of the molecule is CCCc1cc(NC)nc(-c2sccc2C)n1. The van der Waals surface area contributed by atoms with Gasteiger partial charge in [-0.25, -0.2) is 9.97 Å². The molecule has 0 atom stereocenters. The van der Waals surface area contributed by atoms with E-state index in [0.717, 1.165) is 30.2 Å². The quantitative estimate of drug-likeness (QED) is 0.898. The van der Waals surface area contributed by atoms with E-state index >= 15 is 0 Å². The van der Waals surface area contributed by atoms with Crippen molar-refractivity contribution in [1.29, 1.82) is 0 Å². The Morgan fingerprint density at radius 1 is 1.35 bits per heavy atom. The van der Waals surface area contributed by atoms with Gasteiger partial charge in [0.15, 0.2) is 5.82 Å². The summed E-state index contributed by atoms with van der Waals surface area (Å²) in [5.41, 5.74) is 2.35. The van der Waals surface area contributed by atoms with Crippen LogP contribution in [0.1, 0.15) is 24.6 Å². The summed E-state index contributed by atoms with van der Waals surface area (Å²) < 4.78 is 0. The Morgan fingerprint density at radius 2 is 2.18 bits per heavy atom. The molecular formula is C13H17N3S. The first-order valence-electron chi connectivity index (χ1n) is 5.84. The molecule has 2 rings (SSSR count). The molecule has 0 bridgehead atoms. The van der Waals surface area contributed by atoms with Crippen LogP contribution in [0.15, 0.2) is 17.5 Å². The van der Waals surface area contributed by atoms with Crippen LogP contribution >= 0.6 is 11.3 Å². The predicted molar refractivity (Wildman–Crippen MR) is 73.6 cm³/mol. The first-order chi connectivity index (χ1) is 8.24. The topological polar surface area (TPSA) is 37.8 Å². The van der Waals surface area contributed by atoms with Gasteiger partial charge < -0.3 is 5.32 Å². The number of rotatable bonds is 4. The van der Waals surface area contributed by atoms with Gasteiger partial charge in [0.2, 0.25) is 0 Å². The van der Waals surface area contributed by atoms with E-state index < -0.39 is 0 Å². The molecule has 3 nitrogen and oxygen atoms in total. The molecule has 0 unspecified atom stereocenters. The molecule has 0 radical (unpaired) electrons. The van der Waals surface area contributed by atoms with Crippen molar-refractivity contribution in [1.82, 2.24) is 9.97 Å². The lowest BCUT2D eigenvalue weighted by atomic mass is 10.2. The fourth-order valence-electron chi connectivity index (χ4n) is 1.71. The molecule has 2 heterocycles. The maximum Gasteiger partial charge on any atom is 0.172 e. The van der Waals surface area contributed by atoms with Crippen molar-refractivity contribution in [3.8, 4) is 10.7 Å². The maximum absolute atomic E-state index is 4.63. The van der Waals surface area contributed by atoms with Gasteiger partial charge >= 0.3 is 0 Å². The van der Waals surface area contributed by atoms with Crippen LogP contribution in [0.4, 0.5) is 5.82 Å². The molecule has 0 amide bonds. The van der Waals surface area contributed by atoms with Crippen molar-refractivity contribution in [2.45, 2.75) is 26.7 Å². The highest BCUT2D eigenvalue weighted by Crippen LogP contribution is 2.27. The summed E-state index contributed by atoms with van der Waals surface area (Å²) in [7, 11) is 1.89. The molecule has 0 saturated heterocycles. The van der Waals surface area contributed by atoms with E-state index in [4.69, 9.17) is 0 Å². The molecule has 0 aliphatic heterocycles. The highest BCUT2D eigenvalue weighted by Gasteiger charge is 2.09. The van der Waals surface area contributed by atoms with Crippen molar-refractivity contribution in [2.75, 3.05) is 12.4 Å². The third kappa shape index (κ3) is 2.64. The minimum atomic E-state index is 0.841. The van der Waals surface area contributed by atoms with E-state index in [2.05, 4.69) is 40.6 Å². The molecule has 0 aromatic carbocycles. The lowest BCUT2D eigenvalue weighted by molar-refractivity contribution is 0.876. The second-order valence-corrected chi connectivity index (χ2v) is 4.92. The molecule has 0 aliphatic rings. The summed E-state index contributed by atoms with van der Waals surface area (Å²) in [6.45, 7) is 4.26. The Labute approximate surface area is 106 Å². The highest BCUT2D eigenvalue weighted by molar-refractivity contribution is 7.13. The maximum atomic E-state index is 4.63. The van der Waals surface area contributed by atoms with E-state index in [0.29, 0.717) is 0 Å².